The van der Waals surface area contributed by atoms with E-state index < -0.39 is 10.0 Å². The average Bonchev–Trinajstić information content (AvgIpc) is 2.59. The molecule has 0 atom stereocenters. The largest absolute Gasteiger partial charge is 0.495 e. The molecule has 1 aliphatic rings. The van der Waals surface area contributed by atoms with Crippen LogP contribution < -0.4 is 14.4 Å². The van der Waals surface area contributed by atoms with Crippen molar-refractivity contribution in [1.82, 2.24) is 5.32 Å². The lowest BCUT2D eigenvalue weighted by atomic mass is 9.97. The number of allylic oxidation sites excluding steroid dienone is 1. The van der Waals surface area contributed by atoms with Crippen molar-refractivity contribution in [2.45, 2.75) is 32.1 Å². The summed E-state index contributed by atoms with van der Waals surface area (Å²) in [6.45, 7) is 0.170. The fraction of sp³-hybridized carbons (Fsp3) is 0.500. The van der Waals surface area contributed by atoms with E-state index in [0.717, 1.165) is 29.8 Å². The summed E-state index contributed by atoms with van der Waals surface area (Å²) in [5, 5.41) is 3.15. The van der Waals surface area contributed by atoms with Gasteiger partial charge in [-0.25, -0.2) is 8.42 Å². The number of hydrogen-bond acceptors (Lipinski definition) is 4. The van der Waals surface area contributed by atoms with Gasteiger partial charge in [0.1, 0.15) is 12.3 Å². The molecule has 0 saturated carbocycles. The van der Waals surface area contributed by atoms with Crippen LogP contribution in [-0.2, 0) is 14.8 Å². The number of nitrogens with zero attached hydrogens (tertiary/aromatic N) is 1. The molecule has 0 bridgehead atoms. The third-order valence-electron chi connectivity index (χ3n) is 4.25. The number of ether oxygens (including phenoxy) is 1. The second-order valence-corrected chi connectivity index (χ2v) is 8.64. The van der Waals surface area contributed by atoms with Gasteiger partial charge in [-0.05, 0) is 50.3 Å². The molecule has 0 saturated heterocycles. The summed E-state index contributed by atoms with van der Waals surface area (Å²) in [6, 6.07) is 4.65. The zero-order valence-electron chi connectivity index (χ0n) is 15.1. The van der Waals surface area contributed by atoms with Gasteiger partial charge in [0.25, 0.3) is 0 Å². The molecule has 0 aliphatic heterocycles. The van der Waals surface area contributed by atoms with Gasteiger partial charge in [0.2, 0.25) is 15.9 Å². The zero-order valence-corrected chi connectivity index (χ0v) is 16.7. The van der Waals surface area contributed by atoms with Crippen LogP contribution in [0, 0.1) is 0 Å². The minimum Gasteiger partial charge on any atom is -0.495 e. The Hall–Kier alpha value is -1.73. The van der Waals surface area contributed by atoms with Crippen molar-refractivity contribution in [3.63, 3.8) is 0 Å². The molecule has 0 aromatic heterocycles. The first-order valence-electron chi connectivity index (χ1n) is 8.57. The Morgan fingerprint density at radius 2 is 2.12 bits per heavy atom. The number of methoxy groups -OCH3 is 1. The van der Waals surface area contributed by atoms with E-state index >= 15 is 0 Å². The van der Waals surface area contributed by atoms with Gasteiger partial charge >= 0.3 is 0 Å². The van der Waals surface area contributed by atoms with E-state index in [9.17, 15) is 13.2 Å². The van der Waals surface area contributed by atoms with E-state index in [1.54, 1.807) is 12.1 Å². The van der Waals surface area contributed by atoms with E-state index in [1.165, 1.54) is 31.6 Å². The Labute approximate surface area is 160 Å². The highest BCUT2D eigenvalue weighted by Crippen LogP contribution is 2.32. The first-order valence-corrected chi connectivity index (χ1v) is 10.8. The molecule has 2 rings (SSSR count). The molecule has 1 aliphatic carbocycles. The van der Waals surface area contributed by atoms with Crippen LogP contribution in [-0.4, -0.2) is 40.8 Å². The Bertz CT molecular complexity index is 777. The van der Waals surface area contributed by atoms with Crippen LogP contribution in [0.3, 0.4) is 0 Å². The first kappa shape index (κ1) is 20.6. The van der Waals surface area contributed by atoms with Crippen LogP contribution in [0.2, 0.25) is 5.02 Å². The quantitative estimate of drug-likeness (QED) is 0.680. The summed E-state index contributed by atoms with van der Waals surface area (Å²) in [6.07, 6.45) is 8.66. The second-order valence-electron chi connectivity index (χ2n) is 6.29. The number of anilines is 1. The normalized spacial score (nSPS) is 14.5. The topological polar surface area (TPSA) is 75.7 Å². The zero-order chi connectivity index (χ0) is 19.2. The van der Waals surface area contributed by atoms with Crippen LogP contribution in [0.25, 0.3) is 0 Å². The van der Waals surface area contributed by atoms with Crippen molar-refractivity contribution in [3.05, 3.63) is 34.9 Å². The van der Waals surface area contributed by atoms with E-state index in [-0.39, 0.29) is 18.1 Å². The minimum absolute atomic E-state index is 0.243. The molecule has 1 amide bonds. The molecule has 0 fully saturated rings. The van der Waals surface area contributed by atoms with Gasteiger partial charge in [-0.3, -0.25) is 9.10 Å². The fourth-order valence-electron chi connectivity index (χ4n) is 2.92. The predicted molar refractivity (Wildman–Crippen MR) is 104 cm³/mol. The summed E-state index contributed by atoms with van der Waals surface area (Å²) in [5.41, 5.74) is 1.60. The summed E-state index contributed by atoms with van der Waals surface area (Å²) in [7, 11) is -2.25. The highest BCUT2D eigenvalue weighted by Gasteiger charge is 2.24. The molecule has 8 heteroatoms. The lowest BCUT2D eigenvalue weighted by molar-refractivity contribution is -0.119. The summed E-state index contributed by atoms with van der Waals surface area (Å²) >= 11 is 5.99. The van der Waals surface area contributed by atoms with E-state index in [2.05, 4.69) is 11.4 Å². The number of benzene rings is 1. The molecule has 0 spiro atoms. The molecule has 1 N–H and O–H groups in total. The van der Waals surface area contributed by atoms with Gasteiger partial charge in [0, 0.05) is 11.6 Å². The van der Waals surface area contributed by atoms with Crippen molar-refractivity contribution in [3.8, 4) is 5.75 Å². The predicted octanol–water partition coefficient (Wildman–Crippen LogP) is 3.12. The highest BCUT2D eigenvalue weighted by atomic mass is 35.5. The summed E-state index contributed by atoms with van der Waals surface area (Å²) < 4.78 is 30.6. The Kier molecular flexibility index (Phi) is 7.34. The second kappa shape index (κ2) is 9.28. The smallest absolute Gasteiger partial charge is 0.240 e. The standard InChI is InChI=1S/C18H25ClN2O4S/c1-25-17-9-8-15(19)12-16(17)21(26(2,23)24)13-18(22)20-11-10-14-6-4-3-5-7-14/h6,8-9,12H,3-5,7,10-11,13H2,1-2H3,(H,20,22). The number of carbonyl (C=O) groups excluding carboxylic acids is 1. The molecular weight excluding hydrogens is 376 g/mol. The summed E-state index contributed by atoms with van der Waals surface area (Å²) in [4.78, 5) is 12.3. The molecule has 0 radical (unpaired) electrons. The molecule has 26 heavy (non-hydrogen) atoms. The molecule has 1 aromatic carbocycles. The van der Waals surface area contributed by atoms with Gasteiger partial charge in [-0.2, -0.15) is 0 Å². The Morgan fingerprint density at radius 3 is 2.73 bits per heavy atom. The van der Waals surface area contributed by atoms with Crippen molar-refractivity contribution in [1.29, 1.82) is 0 Å². The van der Waals surface area contributed by atoms with Crippen LogP contribution in [0.1, 0.15) is 32.1 Å². The van der Waals surface area contributed by atoms with E-state index in [0.29, 0.717) is 17.3 Å². The van der Waals surface area contributed by atoms with Gasteiger partial charge in [-0.1, -0.05) is 23.3 Å². The van der Waals surface area contributed by atoms with Gasteiger partial charge in [0.15, 0.2) is 0 Å². The number of amides is 1. The third kappa shape index (κ3) is 5.92. The molecule has 0 unspecified atom stereocenters. The van der Waals surface area contributed by atoms with Crippen molar-refractivity contribution < 1.29 is 17.9 Å². The van der Waals surface area contributed by atoms with Crippen LogP contribution in [0.15, 0.2) is 29.8 Å². The molecular formula is C18H25ClN2O4S. The highest BCUT2D eigenvalue weighted by molar-refractivity contribution is 7.92. The van der Waals surface area contributed by atoms with Gasteiger partial charge in [-0.15, -0.1) is 0 Å². The SMILES string of the molecule is COc1ccc(Cl)cc1N(CC(=O)NCCC1=CCCCC1)S(C)(=O)=O. The first-order chi connectivity index (χ1) is 12.3. The van der Waals surface area contributed by atoms with Gasteiger partial charge in [0.05, 0.1) is 19.1 Å². The maximum absolute atomic E-state index is 12.3. The minimum atomic E-state index is -3.69. The molecule has 1 aromatic rings. The van der Waals surface area contributed by atoms with Crippen molar-refractivity contribution in [2.75, 3.05) is 30.8 Å². The lowest BCUT2D eigenvalue weighted by Gasteiger charge is -2.24. The maximum atomic E-state index is 12.3. The number of carbonyl (C=O) groups is 1. The van der Waals surface area contributed by atoms with Crippen LogP contribution >= 0.6 is 11.6 Å². The number of rotatable bonds is 8. The fourth-order valence-corrected chi connectivity index (χ4v) is 3.94. The number of nitrogens with one attached hydrogen (secondary N) is 1. The van der Waals surface area contributed by atoms with Crippen LogP contribution in [0.4, 0.5) is 5.69 Å². The Balaban J connectivity index is 2.05. The van der Waals surface area contributed by atoms with E-state index in [1.807, 2.05) is 0 Å². The van der Waals surface area contributed by atoms with Crippen molar-refractivity contribution in [2.24, 2.45) is 0 Å². The molecule has 144 valence electrons. The number of sulfonamides is 1. The van der Waals surface area contributed by atoms with Crippen molar-refractivity contribution >= 4 is 33.2 Å². The molecule has 6 nitrogen and oxygen atoms in total. The van der Waals surface area contributed by atoms with Crippen LogP contribution in [0.5, 0.6) is 5.75 Å². The number of halogens is 1. The van der Waals surface area contributed by atoms with Gasteiger partial charge < -0.3 is 10.1 Å². The molecule has 0 heterocycles. The number of hydrogen-bond donors (Lipinski definition) is 1. The average molecular weight is 401 g/mol. The summed E-state index contributed by atoms with van der Waals surface area (Å²) in [5.74, 6) is -0.0335. The Morgan fingerprint density at radius 1 is 1.35 bits per heavy atom. The maximum Gasteiger partial charge on any atom is 0.240 e. The third-order valence-corrected chi connectivity index (χ3v) is 5.61. The monoisotopic (exact) mass is 400 g/mol. The van der Waals surface area contributed by atoms with E-state index in [4.69, 9.17) is 16.3 Å². The lowest BCUT2D eigenvalue weighted by Crippen LogP contribution is -2.40.